The quantitative estimate of drug-likeness (QED) is 0.0127. The van der Waals surface area contributed by atoms with E-state index in [0.717, 1.165) is 57.8 Å². The SMILES string of the molecule is CCCCC/C=C\C/C=C\C/C=C\C/C=C\C/C=C\CCC(=O)OC[C@H](COP(=O)(O)OC[C@@H](O)COP(=O)(O)O)OC(=O)CCC/C=C\C/C=C\C/C=C\C=C\[C@@H](O)CCCCC. The van der Waals surface area contributed by atoms with Crippen LogP contribution in [0.4, 0.5) is 0 Å². The number of aliphatic hydroxyl groups excluding tert-OH is 2. The van der Waals surface area contributed by atoms with Crippen LogP contribution in [0.15, 0.2) is 109 Å². The minimum Gasteiger partial charge on any atom is -0.462 e. The van der Waals surface area contributed by atoms with E-state index < -0.39 is 72.3 Å². The Morgan fingerprint density at radius 2 is 1.00 bits per heavy atom. The van der Waals surface area contributed by atoms with E-state index in [1.54, 1.807) is 6.08 Å². The van der Waals surface area contributed by atoms with Gasteiger partial charge in [0, 0.05) is 12.8 Å². The first-order chi connectivity index (χ1) is 30.8. The molecular formula is C48H78O14P2. The summed E-state index contributed by atoms with van der Waals surface area (Å²) in [6.07, 6.45) is 48.5. The Morgan fingerprint density at radius 3 is 1.56 bits per heavy atom. The Balaban J connectivity index is 4.77. The van der Waals surface area contributed by atoms with Crippen molar-refractivity contribution in [1.82, 2.24) is 0 Å². The first-order valence-electron chi connectivity index (χ1n) is 22.7. The molecule has 16 heteroatoms. The summed E-state index contributed by atoms with van der Waals surface area (Å²) in [5.74, 6) is -1.23. The molecule has 0 aliphatic rings. The number of rotatable bonds is 41. The summed E-state index contributed by atoms with van der Waals surface area (Å²) in [6, 6.07) is 0. The van der Waals surface area contributed by atoms with Gasteiger partial charge < -0.3 is 34.4 Å². The molecular weight excluding hydrogens is 862 g/mol. The van der Waals surface area contributed by atoms with Crippen LogP contribution in [0.3, 0.4) is 0 Å². The predicted octanol–water partition coefficient (Wildman–Crippen LogP) is 10.9. The van der Waals surface area contributed by atoms with Crippen molar-refractivity contribution in [1.29, 1.82) is 0 Å². The number of hydrogen-bond acceptors (Lipinski definition) is 11. The van der Waals surface area contributed by atoms with Gasteiger partial charge in [-0.15, -0.1) is 0 Å². The summed E-state index contributed by atoms with van der Waals surface area (Å²) in [5, 5.41) is 19.7. The lowest BCUT2D eigenvalue weighted by atomic mass is 10.1. The average Bonchev–Trinajstić information content (AvgIpc) is 3.25. The Hall–Kier alpha value is -3.26. The van der Waals surface area contributed by atoms with Crippen molar-refractivity contribution >= 4 is 27.6 Å². The van der Waals surface area contributed by atoms with Crippen LogP contribution in [0.25, 0.3) is 0 Å². The van der Waals surface area contributed by atoms with Crippen molar-refractivity contribution in [3.8, 4) is 0 Å². The highest BCUT2D eigenvalue weighted by Crippen LogP contribution is 2.43. The third-order valence-electron chi connectivity index (χ3n) is 8.74. The second-order valence-corrected chi connectivity index (χ2v) is 17.5. The van der Waals surface area contributed by atoms with Crippen LogP contribution in [0.1, 0.15) is 136 Å². The minimum absolute atomic E-state index is 0.0134. The second-order valence-electron chi connectivity index (χ2n) is 14.8. The van der Waals surface area contributed by atoms with Crippen LogP contribution >= 0.6 is 15.6 Å². The zero-order chi connectivity index (χ0) is 47.4. The Labute approximate surface area is 383 Å². The molecule has 64 heavy (non-hydrogen) atoms. The van der Waals surface area contributed by atoms with Crippen molar-refractivity contribution in [2.45, 2.75) is 154 Å². The maximum atomic E-state index is 12.7. The molecule has 0 aromatic heterocycles. The second kappa shape index (κ2) is 42.4. The van der Waals surface area contributed by atoms with E-state index in [9.17, 15) is 33.8 Å². The Morgan fingerprint density at radius 1 is 0.516 bits per heavy atom. The number of aliphatic hydroxyl groups is 2. The first-order valence-corrected chi connectivity index (χ1v) is 25.7. The van der Waals surface area contributed by atoms with Gasteiger partial charge in [0.25, 0.3) is 0 Å². The van der Waals surface area contributed by atoms with Gasteiger partial charge in [0.2, 0.25) is 0 Å². The molecule has 0 fully saturated rings. The van der Waals surface area contributed by atoms with Crippen LogP contribution in [-0.2, 0) is 41.8 Å². The van der Waals surface area contributed by atoms with E-state index in [-0.39, 0.29) is 12.8 Å². The fourth-order valence-electron chi connectivity index (χ4n) is 5.26. The zero-order valence-corrected chi connectivity index (χ0v) is 40.0. The molecule has 0 aromatic carbocycles. The number of phosphoric ester groups is 2. The highest BCUT2D eigenvalue weighted by molar-refractivity contribution is 7.47. The number of allylic oxidation sites excluding steroid dienone is 17. The highest BCUT2D eigenvalue weighted by atomic mass is 31.2. The van der Waals surface area contributed by atoms with Crippen molar-refractivity contribution < 1.29 is 66.7 Å². The van der Waals surface area contributed by atoms with E-state index in [4.69, 9.17) is 23.8 Å². The zero-order valence-electron chi connectivity index (χ0n) is 38.2. The van der Waals surface area contributed by atoms with Crippen LogP contribution in [0, 0.1) is 0 Å². The van der Waals surface area contributed by atoms with Crippen molar-refractivity contribution in [3.05, 3.63) is 109 Å². The van der Waals surface area contributed by atoms with Gasteiger partial charge >= 0.3 is 27.6 Å². The molecule has 0 aliphatic heterocycles. The lowest BCUT2D eigenvalue weighted by molar-refractivity contribution is -0.161. The van der Waals surface area contributed by atoms with Crippen LogP contribution in [-0.4, -0.2) is 81.6 Å². The van der Waals surface area contributed by atoms with E-state index in [1.807, 2.05) is 60.8 Å². The first kappa shape index (κ1) is 60.7. The molecule has 0 saturated carbocycles. The third-order valence-corrected chi connectivity index (χ3v) is 10.2. The molecule has 0 rings (SSSR count). The summed E-state index contributed by atoms with van der Waals surface area (Å²) in [7, 11) is -9.75. The molecule has 0 aliphatic carbocycles. The number of ether oxygens (including phenoxy) is 2. The molecule has 14 nitrogen and oxygen atoms in total. The molecule has 0 aromatic rings. The van der Waals surface area contributed by atoms with Crippen molar-refractivity contribution in [2.75, 3.05) is 26.4 Å². The van der Waals surface area contributed by atoms with Gasteiger partial charge in [0.15, 0.2) is 6.10 Å². The Kier molecular flexibility index (Phi) is 40.2. The molecule has 0 radical (unpaired) electrons. The van der Waals surface area contributed by atoms with Gasteiger partial charge in [-0.25, -0.2) is 9.13 Å². The predicted molar refractivity (Wildman–Crippen MR) is 254 cm³/mol. The van der Waals surface area contributed by atoms with Gasteiger partial charge in [-0.05, 0) is 77.0 Å². The fraction of sp³-hybridized carbons (Fsp3) is 0.583. The number of carbonyl (C=O) groups excluding carboxylic acids is 2. The standard InChI is InChI=1S/C48H78O14P2/c1-3-5-7-8-9-10-11-12-13-14-15-16-17-18-21-24-27-30-34-38-47(51)58-42-46(43-61-64(56,57)60-41-45(50)40-59-63(53,54)55)62-48(52)39-35-31-28-25-22-19-20-23-26-29-33-37-44(49)36-32-6-4-2/h9-10,12-13,15-16,18-21,25-30,33,37,44-46,49-50H,3-8,11,14,17,22-24,31-32,34-36,38-43H2,1-2H3,(H,56,57)(H2,53,54,55)/b10-9-,13-12-,16-15-,20-19-,21-18-,28-25-,29-26-,30-27-,37-33+/t44-,45-,46+/m0/s1. The van der Waals surface area contributed by atoms with E-state index >= 15 is 0 Å². The molecule has 0 spiro atoms. The van der Waals surface area contributed by atoms with Gasteiger partial charge in [-0.2, -0.15) is 0 Å². The van der Waals surface area contributed by atoms with Crippen molar-refractivity contribution in [2.24, 2.45) is 0 Å². The molecule has 364 valence electrons. The number of carbonyl (C=O) groups is 2. The van der Waals surface area contributed by atoms with Crippen molar-refractivity contribution in [3.63, 3.8) is 0 Å². The monoisotopic (exact) mass is 940 g/mol. The molecule has 0 heterocycles. The van der Waals surface area contributed by atoms with Gasteiger partial charge in [-0.1, -0.05) is 155 Å². The largest absolute Gasteiger partial charge is 0.472 e. The molecule has 5 N–H and O–H groups in total. The molecule has 0 bridgehead atoms. The smallest absolute Gasteiger partial charge is 0.462 e. The lowest BCUT2D eigenvalue weighted by Gasteiger charge is -2.20. The number of unbranched alkanes of at least 4 members (excludes halogenated alkanes) is 6. The van der Waals surface area contributed by atoms with Crippen LogP contribution < -0.4 is 0 Å². The summed E-state index contributed by atoms with van der Waals surface area (Å²) in [5.41, 5.74) is 0. The van der Waals surface area contributed by atoms with Gasteiger partial charge in [0.1, 0.15) is 12.7 Å². The summed E-state index contributed by atoms with van der Waals surface area (Å²) in [6.45, 7) is 1.43. The third kappa shape index (κ3) is 45.3. The van der Waals surface area contributed by atoms with Gasteiger partial charge in [0.05, 0.1) is 25.9 Å². The van der Waals surface area contributed by atoms with E-state index in [2.05, 4.69) is 65.4 Å². The maximum Gasteiger partial charge on any atom is 0.472 e. The summed E-state index contributed by atoms with van der Waals surface area (Å²) >= 11 is 0. The molecule has 0 saturated heterocycles. The van der Waals surface area contributed by atoms with Crippen LogP contribution in [0.2, 0.25) is 0 Å². The normalized spacial score (nSPS) is 15.4. The topological polar surface area (TPSA) is 216 Å². The summed E-state index contributed by atoms with van der Waals surface area (Å²) in [4.78, 5) is 52.7. The lowest BCUT2D eigenvalue weighted by Crippen LogP contribution is -2.29. The number of esters is 2. The average molecular weight is 941 g/mol. The molecule has 4 atom stereocenters. The van der Waals surface area contributed by atoms with Crippen LogP contribution in [0.5, 0.6) is 0 Å². The maximum absolute atomic E-state index is 12.7. The van der Waals surface area contributed by atoms with E-state index in [1.165, 1.54) is 19.3 Å². The van der Waals surface area contributed by atoms with E-state index in [0.29, 0.717) is 32.1 Å². The molecule has 0 amide bonds. The minimum atomic E-state index is -4.89. The summed E-state index contributed by atoms with van der Waals surface area (Å²) < 4.78 is 47.6. The fourth-order valence-corrected chi connectivity index (χ4v) is 6.41. The number of hydrogen-bond donors (Lipinski definition) is 5. The number of phosphoric acid groups is 2. The highest BCUT2D eigenvalue weighted by Gasteiger charge is 2.28. The Bertz CT molecular complexity index is 1560. The van der Waals surface area contributed by atoms with Gasteiger partial charge in [-0.3, -0.25) is 23.2 Å². The molecule has 1 unspecified atom stereocenters.